The summed E-state index contributed by atoms with van der Waals surface area (Å²) in [6.45, 7) is 2.50. The summed E-state index contributed by atoms with van der Waals surface area (Å²) in [5.74, 6) is -0.207. The van der Waals surface area contributed by atoms with Crippen molar-refractivity contribution in [1.29, 1.82) is 0 Å². The highest BCUT2D eigenvalue weighted by Gasteiger charge is 2.11. The summed E-state index contributed by atoms with van der Waals surface area (Å²) in [4.78, 5) is 0. The molecular weight excluding hydrogens is 321 g/mol. The SMILES string of the molecule is COCc1cccc(NC(C)c2cc(Br)ccc2F)c1. The highest BCUT2D eigenvalue weighted by atomic mass is 79.9. The minimum Gasteiger partial charge on any atom is -0.380 e. The van der Waals surface area contributed by atoms with Gasteiger partial charge in [-0.1, -0.05) is 28.1 Å². The Labute approximate surface area is 127 Å². The van der Waals surface area contributed by atoms with E-state index in [0.29, 0.717) is 12.2 Å². The van der Waals surface area contributed by atoms with E-state index in [-0.39, 0.29) is 11.9 Å². The molecule has 0 saturated heterocycles. The van der Waals surface area contributed by atoms with Crippen LogP contribution < -0.4 is 5.32 Å². The summed E-state index contributed by atoms with van der Waals surface area (Å²) in [6, 6.07) is 12.8. The lowest BCUT2D eigenvalue weighted by atomic mass is 10.1. The van der Waals surface area contributed by atoms with E-state index in [2.05, 4.69) is 21.2 Å². The highest BCUT2D eigenvalue weighted by molar-refractivity contribution is 9.10. The Morgan fingerprint density at radius 2 is 2.05 bits per heavy atom. The van der Waals surface area contributed by atoms with Gasteiger partial charge < -0.3 is 10.1 Å². The van der Waals surface area contributed by atoms with Gasteiger partial charge in [-0.25, -0.2) is 4.39 Å². The molecule has 2 rings (SSSR count). The second-order valence-electron chi connectivity index (χ2n) is 4.67. The lowest BCUT2D eigenvalue weighted by molar-refractivity contribution is 0.185. The lowest BCUT2D eigenvalue weighted by Crippen LogP contribution is -2.09. The fourth-order valence-electron chi connectivity index (χ4n) is 2.09. The number of anilines is 1. The first-order chi connectivity index (χ1) is 9.60. The summed E-state index contributed by atoms with van der Waals surface area (Å²) in [5.41, 5.74) is 2.67. The molecule has 0 saturated carbocycles. The van der Waals surface area contributed by atoms with Crippen molar-refractivity contribution in [2.45, 2.75) is 19.6 Å². The highest BCUT2D eigenvalue weighted by Crippen LogP contribution is 2.25. The maximum Gasteiger partial charge on any atom is 0.128 e. The first-order valence-electron chi connectivity index (χ1n) is 6.39. The van der Waals surface area contributed by atoms with E-state index in [1.165, 1.54) is 6.07 Å². The number of rotatable bonds is 5. The van der Waals surface area contributed by atoms with Crippen molar-refractivity contribution in [2.24, 2.45) is 0 Å². The minimum atomic E-state index is -0.207. The average molecular weight is 338 g/mol. The van der Waals surface area contributed by atoms with Gasteiger partial charge in [0.25, 0.3) is 0 Å². The average Bonchev–Trinajstić information content (AvgIpc) is 2.42. The molecule has 106 valence electrons. The molecule has 2 aromatic rings. The molecule has 1 unspecified atom stereocenters. The quantitative estimate of drug-likeness (QED) is 0.837. The Bertz CT molecular complexity index is 588. The summed E-state index contributed by atoms with van der Waals surface area (Å²) in [7, 11) is 1.67. The van der Waals surface area contributed by atoms with Gasteiger partial charge in [0.2, 0.25) is 0 Å². The number of ether oxygens (including phenoxy) is 1. The smallest absolute Gasteiger partial charge is 0.128 e. The van der Waals surface area contributed by atoms with Crippen molar-refractivity contribution in [3.05, 3.63) is 63.9 Å². The van der Waals surface area contributed by atoms with Gasteiger partial charge in [-0.05, 0) is 42.8 Å². The van der Waals surface area contributed by atoms with Crippen LogP contribution in [0.25, 0.3) is 0 Å². The van der Waals surface area contributed by atoms with Crippen LogP contribution in [0.2, 0.25) is 0 Å². The predicted octanol–water partition coefficient (Wildman–Crippen LogP) is 4.91. The van der Waals surface area contributed by atoms with E-state index in [9.17, 15) is 4.39 Å². The molecule has 2 aromatic carbocycles. The first kappa shape index (κ1) is 15.0. The van der Waals surface area contributed by atoms with Gasteiger partial charge in [0.1, 0.15) is 5.82 Å². The topological polar surface area (TPSA) is 21.3 Å². The van der Waals surface area contributed by atoms with Gasteiger partial charge in [0.15, 0.2) is 0 Å². The number of methoxy groups -OCH3 is 1. The number of hydrogen-bond acceptors (Lipinski definition) is 2. The van der Waals surface area contributed by atoms with E-state index in [0.717, 1.165) is 15.7 Å². The standard InChI is InChI=1S/C16H17BrFNO/c1-11(15-9-13(17)6-7-16(15)18)19-14-5-3-4-12(8-14)10-20-2/h3-9,11,19H,10H2,1-2H3. The maximum absolute atomic E-state index is 13.8. The molecule has 0 heterocycles. The van der Waals surface area contributed by atoms with Crippen LogP contribution in [0.3, 0.4) is 0 Å². The van der Waals surface area contributed by atoms with Gasteiger partial charge in [0, 0.05) is 22.8 Å². The molecule has 0 bridgehead atoms. The third kappa shape index (κ3) is 3.81. The molecule has 0 radical (unpaired) electrons. The normalized spacial score (nSPS) is 12.2. The summed E-state index contributed by atoms with van der Waals surface area (Å²) < 4.78 is 19.8. The van der Waals surface area contributed by atoms with Gasteiger partial charge in [0.05, 0.1) is 12.6 Å². The molecule has 1 N–H and O–H groups in total. The van der Waals surface area contributed by atoms with Gasteiger partial charge >= 0.3 is 0 Å². The summed E-state index contributed by atoms with van der Waals surface area (Å²) in [6.07, 6.45) is 0. The van der Waals surface area contributed by atoms with Crippen LogP contribution in [0.1, 0.15) is 24.1 Å². The van der Waals surface area contributed by atoms with E-state index in [1.54, 1.807) is 19.2 Å². The fourth-order valence-corrected chi connectivity index (χ4v) is 2.47. The molecule has 0 aliphatic carbocycles. The molecule has 0 aromatic heterocycles. The van der Waals surface area contributed by atoms with E-state index in [4.69, 9.17) is 4.74 Å². The van der Waals surface area contributed by atoms with Crippen molar-refractivity contribution in [3.63, 3.8) is 0 Å². The lowest BCUT2D eigenvalue weighted by Gasteiger charge is -2.17. The van der Waals surface area contributed by atoms with Crippen LogP contribution in [0.15, 0.2) is 46.9 Å². The van der Waals surface area contributed by atoms with E-state index in [1.807, 2.05) is 31.2 Å². The van der Waals surface area contributed by atoms with Gasteiger partial charge in [-0.15, -0.1) is 0 Å². The van der Waals surface area contributed by atoms with Crippen LogP contribution in [0, 0.1) is 5.82 Å². The second-order valence-corrected chi connectivity index (χ2v) is 5.58. The number of nitrogens with one attached hydrogen (secondary N) is 1. The Morgan fingerprint density at radius 1 is 1.25 bits per heavy atom. The number of benzene rings is 2. The molecule has 0 spiro atoms. The van der Waals surface area contributed by atoms with Crippen molar-refractivity contribution in [1.82, 2.24) is 0 Å². The molecule has 0 amide bonds. The van der Waals surface area contributed by atoms with Crippen LogP contribution in [-0.2, 0) is 11.3 Å². The van der Waals surface area contributed by atoms with Crippen LogP contribution in [-0.4, -0.2) is 7.11 Å². The van der Waals surface area contributed by atoms with E-state index >= 15 is 0 Å². The summed E-state index contributed by atoms with van der Waals surface area (Å²) in [5, 5.41) is 3.31. The Morgan fingerprint density at radius 3 is 2.80 bits per heavy atom. The van der Waals surface area contributed by atoms with E-state index < -0.39 is 0 Å². The van der Waals surface area contributed by atoms with Crippen molar-refractivity contribution in [2.75, 3.05) is 12.4 Å². The molecular formula is C16H17BrFNO. The molecule has 0 fully saturated rings. The molecule has 20 heavy (non-hydrogen) atoms. The van der Waals surface area contributed by atoms with Gasteiger partial charge in [-0.3, -0.25) is 0 Å². The molecule has 2 nitrogen and oxygen atoms in total. The first-order valence-corrected chi connectivity index (χ1v) is 7.19. The van der Waals surface area contributed by atoms with Crippen molar-refractivity contribution >= 4 is 21.6 Å². The van der Waals surface area contributed by atoms with Crippen molar-refractivity contribution < 1.29 is 9.13 Å². The van der Waals surface area contributed by atoms with Crippen LogP contribution >= 0.6 is 15.9 Å². The zero-order chi connectivity index (χ0) is 14.5. The molecule has 4 heteroatoms. The number of hydrogen-bond donors (Lipinski definition) is 1. The Hall–Kier alpha value is -1.39. The maximum atomic E-state index is 13.8. The monoisotopic (exact) mass is 337 g/mol. The summed E-state index contributed by atoms with van der Waals surface area (Å²) >= 11 is 3.37. The van der Waals surface area contributed by atoms with Crippen LogP contribution in [0.5, 0.6) is 0 Å². The molecule has 1 atom stereocenters. The van der Waals surface area contributed by atoms with Crippen LogP contribution in [0.4, 0.5) is 10.1 Å². The Balaban J connectivity index is 2.16. The number of halogens is 2. The third-order valence-corrected chi connectivity index (χ3v) is 3.54. The minimum absolute atomic E-state index is 0.120. The Kier molecular flexibility index (Phi) is 5.15. The van der Waals surface area contributed by atoms with Gasteiger partial charge in [-0.2, -0.15) is 0 Å². The molecule has 0 aliphatic rings. The second kappa shape index (κ2) is 6.86. The van der Waals surface area contributed by atoms with Crippen molar-refractivity contribution in [3.8, 4) is 0 Å². The largest absolute Gasteiger partial charge is 0.380 e. The molecule has 0 aliphatic heterocycles. The third-order valence-electron chi connectivity index (χ3n) is 3.05. The zero-order valence-corrected chi connectivity index (χ0v) is 13.1. The zero-order valence-electron chi connectivity index (χ0n) is 11.5. The predicted molar refractivity (Wildman–Crippen MR) is 83.3 cm³/mol. The fraction of sp³-hybridized carbons (Fsp3) is 0.250.